The second kappa shape index (κ2) is 9.67. The topological polar surface area (TPSA) is 66.9 Å². The van der Waals surface area contributed by atoms with Crippen LogP contribution in [0.4, 0.5) is 5.95 Å². The summed E-state index contributed by atoms with van der Waals surface area (Å²) in [7, 11) is 0. The van der Waals surface area contributed by atoms with Crippen molar-refractivity contribution in [3.63, 3.8) is 0 Å². The summed E-state index contributed by atoms with van der Waals surface area (Å²) in [6.45, 7) is 6.73. The van der Waals surface area contributed by atoms with E-state index in [1.165, 1.54) is 42.4 Å². The molecule has 1 amide bonds. The van der Waals surface area contributed by atoms with Gasteiger partial charge in [-0.2, -0.15) is 0 Å². The maximum Gasteiger partial charge on any atom is 0.223 e. The van der Waals surface area contributed by atoms with E-state index in [4.69, 9.17) is 0 Å². The third kappa shape index (κ3) is 5.54. The van der Waals surface area contributed by atoms with Crippen molar-refractivity contribution in [1.82, 2.24) is 15.3 Å². The van der Waals surface area contributed by atoms with E-state index in [0.717, 1.165) is 24.2 Å². The number of anilines is 1. The molecule has 1 aromatic carbocycles. The lowest BCUT2D eigenvalue weighted by Crippen LogP contribution is -2.28. The Morgan fingerprint density at radius 3 is 2.50 bits per heavy atom. The second-order valence-corrected chi connectivity index (χ2v) is 7.77. The Morgan fingerprint density at radius 1 is 1.07 bits per heavy atom. The van der Waals surface area contributed by atoms with Gasteiger partial charge in [0.1, 0.15) is 0 Å². The first-order valence-electron chi connectivity index (χ1n) is 10.5. The summed E-state index contributed by atoms with van der Waals surface area (Å²) in [5.74, 6) is 0.742. The Morgan fingerprint density at radius 2 is 1.79 bits per heavy atom. The van der Waals surface area contributed by atoms with E-state index in [-0.39, 0.29) is 11.9 Å². The van der Waals surface area contributed by atoms with Crippen molar-refractivity contribution >= 4 is 11.9 Å². The molecule has 0 fully saturated rings. The molecule has 1 atom stereocenters. The number of aromatic nitrogens is 2. The lowest BCUT2D eigenvalue weighted by atomic mass is 9.89. The van der Waals surface area contributed by atoms with Gasteiger partial charge in [0.15, 0.2) is 0 Å². The molecule has 0 aliphatic heterocycles. The predicted octanol–water partition coefficient (Wildman–Crippen LogP) is 4.43. The van der Waals surface area contributed by atoms with Gasteiger partial charge in [0.05, 0.1) is 6.04 Å². The summed E-state index contributed by atoms with van der Waals surface area (Å²) in [6.07, 6.45) is 7.08. The van der Waals surface area contributed by atoms with Crippen molar-refractivity contribution in [1.29, 1.82) is 0 Å². The van der Waals surface area contributed by atoms with Gasteiger partial charge < -0.3 is 10.6 Å². The molecule has 28 heavy (non-hydrogen) atoms. The van der Waals surface area contributed by atoms with E-state index in [9.17, 15) is 4.79 Å². The maximum atomic E-state index is 12.4. The van der Waals surface area contributed by atoms with E-state index in [2.05, 4.69) is 45.7 Å². The van der Waals surface area contributed by atoms with Crippen LogP contribution in [0, 0.1) is 13.8 Å². The molecule has 2 aromatic rings. The van der Waals surface area contributed by atoms with Gasteiger partial charge in [-0.05, 0) is 75.1 Å². The molecular weight excluding hydrogens is 348 g/mol. The smallest absolute Gasteiger partial charge is 0.223 e. The molecule has 3 rings (SSSR count). The molecule has 0 spiro atoms. The van der Waals surface area contributed by atoms with Crippen molar-refractivity contribution in [2.24, 2.45) is 0 Å². The Bertz CT molecular complexity index is 798. The molecule has 0 radical (unpaired) electrons. The average Bonchev–Trinajstić information content (AvgIpc) is 2.68. The van der Waals surface area contributed by atoms with Crippen molar-refractivity contribution in [2.75, 3.05) is 11.9 Å². The highest BCUT2D eigenvalue weighted by Crippen LogP contribution is 2.26. The normalized spacial score (nSPS) is 14.2. The van der Waals surface area contributed by atoms with Crippen molar-refractivity contribution in [3.05, 3.63) is 52.3 Å². The van der Waals surface area contributed by atoms with Gasteiger partial charge in [-0.25, -0.2) is 9.97 Å². The first kappa shape index (κ1) is 20.3. The minimum absolute atomic E-state index is 0.0930. The van der Waals surface area contributed by atoms with Crippen LogP contribution in [-0.2, 0) is 17.6 Å². The summed E-state index contributed by atoms with van der Waals surface area (Å²) in [6, 6.07) is 8.80. The molecule has 5 nitrogen and oxygen atoms in total. The fraction of sp³-hybridized carbons (Fsp3) is 0.522. The van der Waals surface area contributed by atoms with Crippen LogP contribution in [0.3, 0.4) is 0 Å². The van der Waals surface area contributed by atoms with Crippen molar-refractivity contribution in [3.8, 4) is 0 Å². The molecule has 1 aromatic heterocycles. The van der Waals surface area contributed by atoms with Crippen molar-refractivity contribution < 1.29 is 4.79 Å². The first-order valence-corrected chi connectivity index (χ1v) is 10.5. The molecule has 0 saturated carbocycles. The van der Waals surface area contributed by atoms with Gasteiger partial charge in [-0.15, -0.1) is 0 Å². The highest BCUT2D eigenvalue weighted by Gasteiger charge is 2.16. The van der Waals surface area contributed by atoms with Gasteiger partial charge in [-0.3, -0.25) is 4.79 Å². The second-order valence-electron chi connectivity index (χ2n) is 7.77. The van der Waals surface area contributed by atoms with Gasteiger partial charge >= 0.3 is 0 Å². The Hall–Kier alpha value is -2.43. The molecule has 1 heterocycles. The Labute approximate surface area is 168 Å². The van der Waals surface area contributed by atoms with Crippen LogP contribution < -0.4 is 10.6 Å². The third-order valence-corrected chi connectivity index (χ3v) is 5.36. The van der Waals surface area contributed by atoms with Crippen LogP contribution in [0.2, 0.25) is 0 Å². The molecule has 1 aliphatic carbocycles. The number of carbonyl (C=O) groups excluding carboxylic acids is 1. The van der Waals surface area contributed by atoms with Crippen LogP contribution in [0.25, 0.3) is 0 Å². The molecule has 1 unspecified atom stereocenters. The van der Waals surface area contributed by atoms with Crippen LogP contribution in [0.15, 0.2) is 24.3 Å². The average molecular weight is 381 g/mol. The van der Waals surface area contributed by atoms with E-state index in [1.807, 2.05) is 19.9 Å². The summed E-state index contributed by atoms with van der Waals surface area (Å²) in [5.41, 5.74) is 6.08. The lowest BCUT2D eigenvalue weighted by molar-refractivity contribution is -0.121. The first-order chi connectivity index (χ1) is 13.5. The number of hydrogen-bond acceptors (Lipinski definition) is 4. The minimum Gasteiger partial charge on any atom is -0.354 e. The highest BCUT2D eigenvalue weighted by molar-refractivity contribution is 5.76. The zero-order chi connectivity index (χ0) is 19.9. The molecular formula is C23H32N4O. The van der Waals surface area contributed by atoms with Gasteiger partial charge in [0.2, 0.25) is 11.9 Å². The lowest BCUT2D eigenvalue weighted by Gasteiger charge is -2.21. The van der Waals surface area contributed by atoms with Crippen LogP contribution in [-0.4, -0.2) is 22.4 Å². The van der Waals surface area contributed by atoms with Crippen molar-refractivity contribution in [2.45, 2.75) is 71.8 Å². The molecule has 5 heteroatoms. The fourth-order valence-electron chi connectivity index (χ4n) is 3.91. The molecule has 0 saturated heterocycles. The number of fused-ring (bicyclic) bond motifs is 1. The summed E-state index contributed by atoms with van der Waals surface area (Å²) in [4.78, 5) is 21.2. The predicted molar refractivity (Wildman–Crippen MR) is 113 cm³/mol. The number of benzene rings is 1. The summed E-state index contributed by atoms with van der Waals surface area (Å²) < 4.78 is 0. The van der Waals surface area contributed by atoms with Gasteiger partial charge in [0, 0.05) is 24.4 Å². The number of hydrogen-bond donors (Lipinski definition) is 2. The summed E-state index contributed by atoms with van der Waals surface area (Å²) >= 11 is 0. The quantitative estimate of drug-likeness (QED) is 0.665. The minimum atomic E-state index is 0.0930. The largest absolute Gasteiger partial charge is 0.354 e. The number of nitrogens with one attached hydrogen (secondary N) is 2. The van der Waals surface area contributed by atoms with Crippen LogP contribution in [0.5, 0.6) is 0 Å². The maximum absolute atomic E-state index is 12.4. The Kier molecular flexibility index (Phi) is 7.01. The van der Waals surface area contributed by atoms with E-state index in [0.29, 0.717) is 18.9 Å². The van der Waals surface area contributed by atoms with Gasteiger partial charge in [0.25, 0.3) is 0 Å². The highest BCUT2D eigenvalue weighted by atomic mass is 16.1. The molecule has 0 bridgehead atoms. The fourth-order valence-corrected chi connectivity index (χ4v) is 3.91. The molecule has 2 N–H and O–H groups in total. The van der Waals surface area contributed by atoms with Crippen LogP contribution >= 0.6 is 0 Å². The SMILES string of the molecule is CCC(NC(=O)CCCNc1nc(C)cc(C)n1)c1ccc2c(c1)CCCC2. The number of nitrogens with zero attached hydrogens (tertiary/aromatic N) is 2. The zero-order valence-corrected chi connectivity index (χ0v) is 17.3. The van der Waals surface area contributed by atoms with E-state index in [1.54, 1.807) is 0 Å². The number of rotatable bonds is 8. The standard InChI is InChI=1S/C23H32N4O/c1-4-21(20-12-11-18-8-5-6-9-19(18)15-20)27-22(28)10-7-13-24-23-25-16(2)14-17(3)26-23/h11-12,14-15,21H,4-10,13H2,1-3H3,(H,27,28)(H,24,25,26). The number of aryl methyl sites for hydroxylation is 4. The van der Waals surface area contributed by atoms with E-state index >= 15 is 0 Å². The molecule has 150 valence electrons. The molecule has 1 aliphatic rings. The monoisotopic (exact) mass is 380 g/mol. The number of amides is 1. The Balaban J connectivity index is 1.47. The summed E-state index contributed by atoms with van der Waals surface area (Å²) in [5, 5.41) is 6.42. The van der Waals surface area contributed by atoms with Gasteiger partial charge in [-0.1, -0.05) is 25.1 Å². The third-order valence-electron chi connectivity index (χ3n) is 5.36. The zero-order valence-electron chi connectivity index (χ0n) is 17.3. The number of carbonyl (C=O) groups is 1. The van der Waals surface area contributed by atoms with Crippen LogP contribution in [0.1, 0.15) is 73.1 Å². The van der Waals surface area contributed by atoms with E-state index < -0.39 is 0 Å².